The average molecular weight is 317 g/mol. The highest BCUT2D eigenvalue weighted by Crippen LogP contribution is 2.52. The van der Waals surface area contributed by atoms with Crippen LogP contribution in [0.1, 0.15) is 37.8 Å². The molecule has 1 amide bonds. The molecule has 2 bridgehead atoms. The summed E-state index contributed by atoms with van der Waals surface area (Å²) < 4.78 is 5.13. The molecular formula is C18H23NO4. The molecule has 0 radical (unpaired) electrons. The minimum atomic E-state index is -0.825. The fraction of sp³-hybridized carbons (Fsp3) is 0.556. The van der Waals surface area contributed by atoms with Gasteiger partial charge in [0.2, 0.25) is 5.91 Å². The summed E-state index contributed by atoms with van der Waals surface area (Å²) in [6.07, 6.45) is 2.80. The highest BCUT2D eigenvalue weighted by Gasteiger charge is 2.54. The van der Waals surface area contributed by atoms with Crippen molar-refractivity contribution < 1.29 is 19.4 Å². The Morgan fingerprint density at radius 3 is 2.35 bits per heavy atom. The fourth-order valence-electron chi connectivity index (χ4n) is 4.31. The maximum atomic E-state index is 12.7. The Morgan fingerprint density at radius 2 is 1.78 bits per heavy atom. The van der Waals surface area contributed by atoms with Crippen molar-refractivity contribution in [3.8, 4) is 5.75 Å². The first-order valence-corrected chi connectivity index (χ1v) is 8.18. The molecule has 0 saturated heterocycles. The lowest BCUT2D eigenvalue weighted by molar-refractivity contribution is -0.149. The number of fused-ring (bicyclic) bond motifs is 2. The normalized spacial score (nSPS) is 30.0. The molecule has 0 unspecified atom stereocenters. The van der Waals surface area contributed by atoms with Crippen molar-refractivity contribution >= 4 is 11.9 Å². The molecule has 1 aromatic rings. The number of carboxylic acids is 1. The van der Waals surface area contributed by atoms with Crippen LogP contribution in [0.15, 0.2) is 24.3 Å². The van der Waals surface area contributed by atoms with Crippen LogP contribution in [0.4, 0.5) is 0 Å². The third-order valence-electron chi connectivity index (χ3n) is 5.48. The standard InChI is InChI=1S/C18H23NO4/c1-10(11-5-7-14(23-2)8-6-11)19-17(20)15-12-3-4-13(9-12)16(15)18(21)22/h5-8,10,12-13,15-16H,3-4,9H2,1-2H3,(H,19,20)(H,21,22)/t10-,12-,13+,15-,16+/m1/s1. The zero-order valence-electron chi connectivity index (χ0n) is 13.5. The molecule has 5 heteroatoms. The van der Waals surface area contributed by atoms with Gasteiger partial charge in [-0.15, -0.1) is 0 Å². The smallest absolute Gasteiger partial charge is 0.307 e. The van der Waals surface area contributed by atoms with Gasteiger partial charge in [-0.2, -0.15) is 0 Å². The summed E-state index contributed by atoms with van der Waals surface area (Å²) in [7, 11) is 1.61. The van der Waals surface area contributed by atoms with Crippen molar-refractivity contribution in [2.75, 3.05) is 7.11 Å². The maximum Gasteiger partial charge on any atom is 0.307 e. The number of carbonyl (C=O) groups excluding carboxylic acids is 1. The number of hydrogen-bond donors (Lipinski definition) is 2. The van der Waals surface area contributed by atoms with E-state index in [1.54, 1.807) is 7.11 Å². The van der Waals surface area contributed by atoms with Crippen molar-refractivity contribution in [3.63, 3.8) is 0 Å². The highest BCUT2D eigenvalue weighted by molar-refractivity contribution is 5.86. The molecule has 2 aliphatic carbocycles. The molecule has 2 aliphatic rings. The van der Waals surface area contributed by atoms with E-state index in [0.717, 1.165) is 30.6 Å². The number of nitrogens with one attached hydrogen (secondary N) is 1. The molecule has 23 heavy (non-hydrogen) atoms. The van der Waals surface area contributed by atoms with E-state index in [1.165, 1.54) is 0 Å². The van der Waals surface area contributed by atoms with E-state index >= 15 is 0 Å². The van der Waals surface area contributed by atoms with Gasteiger partial charge in [0.1, 0.15) is 5.75 Å². The number of ether oxygens (including phenoxy) is 1. The SMILES string of the molecule is COc1ccc([C@@H](C)NC(=O)[C@@H]2[C@@H]3CC[C@@H](C3)[C@@H]2C(=O)O)cc1. The van der Waals surface area contributed by atoms with E-state index in [0.29, 0.717) is 0 Å². The molecule has 0 spiro atoms. The van der Waals surface area contributed by atoms with Crippen molar-refractivity contribution in [1.29, 1.82) is 0 Å². The van der Waals surface area contributed by atoms with Crippen LogP contribution in [0, 0.1) is 23.7 Å². The van der Waals surface area contributed by atoms with Gasteiger partial charge in [-0.05, 0) is 55.7 Å². The van der Waals surface area contributed by atoms with E-state index in [9.17, 15) is 14.7 Å². The van der Waals surface area contributed by atoms with E-state index in [2.05, 4.69) is 5.32 Å². The first-order valence-electron chi connectivity index (χ1n) is 8.18. The zero-order valence-corrected chi connectivity index (χ0v) is 13.5. The lowest BCUT2D eigenvalue weighted by Crippen LogP contribution is -2.42. The predicted molar refractivity (Wildman–Crippen MR) is 85.0 cm³/mol. The van der Waals surface area contributed by atoms with Gasteiger partial charge in [0.05, 0.1) is 25.0 Å². The minimum absolute atomic E-state index is 0.118. The molecule has 0 aromatic heterocycles. The van der Waals surface area contributed by atoms with Gasteiger partial charge >= 0.3 is 5.97 Å². The van der Waals surface area contributed by atoms with Crippen LogP contribution in [0.2, 0.25) is 0 Å². The molecular weight excluding hydrogens is 294 g/mol. The third-order valence-corrected chi connectivity index (χ3v) is 5.48. The Morgan fingerprint density at radius 1 is 1.17 bits per heavy atom. The fourth-order valence-corrected chi connectivity index (χ4v) is 4.31. The van der Waals surface area contributed by atoms with Gasteiger partial charge in [-0.3, -0.25) is 9.59 Å². The van der Waals surface area contributed by atoms with Crippen LogP contribution in [0.5, 0.6) is 5.75 Å². The summed E-state index contributed by atoms with van der Waals surface area (Å²) in [5.74, 6) is -0.675. The van der Waals surface area contributed by atoms with E-state index in [4.69, 9.17) is 4.74 Å². The summed E-state index contributed by atoms with van der Waals surface area (Å²) in [5.41, 5.74) is 0.981. The Labute approximate surface area is 136 Å². The molecule has 0 heterocycles. The summed E-state index contributed by atoms with van der Waals surface area (Å²) in [6, 6.07) is 7.39. The topological polar surface area (TPSA) is 75.6 Å². The van der Waals surface area contributed by atoms with Crippen LogP contribution < -0.4 is 10.1 Å². The van der Waals surface area contributed by atoms with Gasteiger partial charge in [-0.1, -0.05) is 12.1 Å². The molecule has 3 rings (SSSR count). The van der Waals surface area contributed by atoms with Crippen molar-refractivity contribution in [2.45, 2.75) is 32.2 Å². The number of benzene rings is 1. The van der Waals surface area contributed by atoms with Gasteiger partial charge < -0.3 is 15.2 Å². The van der Waals surface area contributed by atoms with Crippen LogP contribution in [0.3, 0.4) is 0 Å². The number of aliphatic carboxylic acids is 1. The van der Waals surface area contributed by atoms with E-state index in [-0.39, 0.29) is 29.7 Å². The van der Waals surface area contributed by atoms with E-state index < -0.39 is 11.9 Å². The van der Waals surface area contributed by atoms with Crippen molar-refractivity contribution in [3.05, 3.63) is 29.8 Å². The predicted octanol–water partition coefficient (Wildman–Crippen LogP) is 2.62. The zero-order chi connectivity index (χ0) is 16.6. The largest absolute Gasteiger partial charge is 0.497 e. The van der Waals surface area contributed by atoms with Crippen molar-refractivity contribution in [1.82, 2.24) is 5.32 Å². The quantitative estimate of drug-likeness (QED) is 0.875. The molecule has 2 fully saturated rings. The first kappa shape index (κ1) is 15.8. The molecule has 124 valence electrons. The Hall–Kier alpha value is -2.04. The lowest BCUT2D eigenvalue weighted by atomic mass is 9.78. The third kappa shape index (κ3) is 2.92. The Bertz CT molecular complexity index is 598. The minimum Gasteiger partial charge on any atom is -0.497 e. The monoisotopic (exact) mass is 317 g/mol. The first-order chi connectivity index (χ1) is 11.0. The summed E-state index contributed by atoms with van der Waals surface area (Å²) in [6.45, 7) is 1.92. The van der Waals surface area contributed by atoms with Crippen LogP contribution in [-0.2, 0) is 9.59 Å². The number of methoxy groups -OCH3 is 1. The molecule has 2 saturated carbocycles. The summed E-state index contributed by atoms with van der Waals surface area (Å²) >= 11 is 0. The lowest BCUT2D eigenvalue weighted by Gasteiger charge is -2.28. The van der Waals surface area contributed by atoms with Gasteiger partial charge in [0.25, 0.3) is 0 Å². The molecule has 5 nitrogen and oxygen atoms in total. The summed E-state index contributed by atoms with van der Waals surface area (Å²) in [4.78, 5) is 24.2. The molecule has 0 aliphatic heterocycles. The Balaban J connectivity index is 1.69. The number of carboxylic acid groups (broad SMARTS) is 1. The second-order valence-corrected chi connectivity index (χ2v) is 6.73. The molecule has 1 aromatic carbocycles. The second kappa shape index (κ2) is 6.22. The van der Waals surface area contributed by atoms with Crippen LogP contribution in [-0.4, -0.2) is 24.1 Å². The van der Waals surface area contributed by atoms with Gasteiger partial charge in [-0.25, -0.2) is 0 Å². The van der Waals surface area contributed by atoms with Crippen LogP contribution in [0.25, 0.3) is 0 Å². The van der Waals surface area contributed by atoms with E-state index in [1.807, 2.05) is 31.2 Å². The number of rotatable bonds is 5. The number of carbonyl (C=O) groups is 2. The second-order valence-electron chi connectivity index (χ2n) is 6.73. The summed E-state index contributed by atoms with van der Waals surface area (Å²) in [5, 5.41) is 12.5. The van der Waals surface area contributed by atoms with Gasteiger partial charge in [0, 0.05) is 0 Å². The van der Waals surface area contributed by atoms with Crippen LogP contribution >= 0.6 is 0 Å². The maximum absolute atomic E-state index is 12.7. The van der Waals surface area contributed by atoms with Crippen molar-refractivity contribution in [2.24, 2.45) is 23.7 Å². The highest BCUT2D eigenvalue weighted by atomic mass is 16.5. The average Bonchev–Trinajstić information content (AvgIpc) is 3.15. The number of hydrogen-bond acceptors (Lipinski definition) is 3. The van der Waals surface area contributed by atoms with Gasteiger partial charge in [0.15, 0.2) is 0 Å². The molecule has 5 atom stereocenters. The molecule has 2 N–H and O–H groups in total. The Kier molecular flexibility index (Phi) is 4.28. The number of amides is 1.